The van der Waals surface area contributed by atoms with E-state index in [9.17, 15) is 10.1 Å². The molecular weight excluding hydrogens is 280 g/mol. The highest BCUT2D eigenvalue weighted by Gasteiger charge is 2.22. The number of nitrogens with one attached hydrogen (secondary N) is 1. The number of hydrogen-bond donors (Lipinski definition) is 1. The number of nitro benzene ring substituents is 1. The molecule has 3 rings (SSSR count). The van der Waals surface area contributed by atoms with Crippen molar-refractivity contribution in [3.8, 4) is 0 Å². The fourth-order valence-corrected chi connectivity index (χ4v) is 2.19. The van der Waals surface area contributed by atoms with Crippen LogP contribution in [0.25, 0.3) is 0 Å². The molecule has 2 aromatic rings. The molecule has 0 atom stereocenters. The van der Waals surface area contributed by atoms with Crippen LogP contribution in [0.2, 0.25) is 5.02 Å². The van der Waals surface area contributed by atoms with Crippen LogP contribution in [0.5, 0.6) is 0 Å². The van der Waals surface area contributed by atoms with Gasteiger partial charge in [-0.1, -0.05) is 11.6 Å². The average molecular weight is 293 g/mol. The van der Waals surface area contributed by atoms with Crippen LogP contribution in [0.3, 0.4) is 0 Å². The minimum atomic E-state index is -0.437. The fourth-order valence-electron chi connectivity index (χ4n) is 2.02. The first-order chi connectivity index (χ1) is 9.61. The van der Waals surface area contributed by atoms with Crippen LogP contribution < -0.4 is 5.32 Å². The first-order valence-electron chi connectivity index (χ1n) is 6.35. The Kier molecular flexibility index (Phi) is 3.31. The zero-order chi connectivity index (χ0) is 14.1. The van der Waals surface area contributed by atoms with Crippen molar-refractivity contribution in [1.29, 1.82) is 0 Å². The van der Waals surface area contributed by atoms with E-state index in [1.165, 1.54) is 31.0 Å². The van der Waals surface area contributed by atoms with Gasteiger partial charge in [-0.25, -0.2) is 0 Å². The molecule has 7 heteroatoms. The Hall–Kier alpha value is -2.08. The van der Waals surface area contributed by atoms with E-state index in [2.05, 4.69) is 10.4 Å². The van der Waals surface area contributed by atoms with E-state index in [0.717, 1.165) is 18.2 Å². The van der Waals surface area contributed by atoms with Crippen molar-refractivity contribution < 1.29 is 4.92 Å². The summed E-state index contributed by atoms with van der Waals surface area (Å²) in [5.41, 5.74) is 1.08. The normalized spacial score (nSPS) is 14.2. The lowest BCUT2D eigenvalue weighted by atomic mass is 10.2. The molecule has 1 saturated carbocycles. The Morgan fingerprint density at radius 3 is 3.00 bits per heavy atom. The lowest BCUT2D eigenvalue weighted by molar-refractivity contribution is -0.383. The van der Waals surface area contributed by atoms with Crippen LogP contribution in [-0.4, -0.2) is 14.7 Å². The molecule has 104 valence electrons. The van der Waals surface area contributed by atoms with Gasteiger partial charge in [-0.15, -0.1) is 0 Å². The lowest BCUT2D eigenvalue weighted by Gasteiger charge is -2.05. The van der Waals surface area contributed by atoms with E-state index in [1.807, 2.05) is 10.9 Å². The largest absolute Gasteiger partial charge is 0.347 e. The molecule has 0 aliphatic heterocycles. The molecule has 0 unspecified atom stereocenters. The Balaban J connectivity index is 1.80. The zero-order valence-electron chi connectivity index (χ0n) is 10.6. The highest BCUT2D eigenvalue weighted by molar-refractivity contribution is 6.31. The number of nitrogens with zero attached hydrogens (tertiary/aromatic N) is 3. The van der Waals surface area contributed by atoms with E-state index in [0.29, 0.717) is 10.7 Å². The minimum Gasteiger partial charge on any atom is -0.347 e. The molecule has 20 heavy (non-hydrogen) atoms. The topological polar surface area (TPSA) is 73.0 Å². The van der Waals surface area contributed by atoms with Gasteiger partial charge >= 0.3 is 0 Å². The first-order valence-corrected chi connectivity index (χ1v) is 6.73. The highest BCUT2D eigenvalue weighted by Crippen LogP contribution is 2.32. The Morgan fingerprint density at radius 2 is 2.30 bits per heavy atom. The van der Waals surface area contributed by atoms with Crippen molar-refractivity contribution in [3.05, 3.63) is 45.7 Å². The van der Waals surface area contributed by atoms with Gasteiger partial charge in [0.05, 0.1) is 16.8 Å². The Labute approximate surface area is 120 Å². The summed E-state index contributed by atoms with van der Waals surface area (Å²) in [6.45, 7) is 0.902. The van der Waals surface area contributed by atoms with Crippen molar-refractivity contribution in [3.63, 3.8) is 0 Å². The van der Waals surface area contributed by atoms with Gasteiger partial charge in [0.1, 0.15) is 5.69 Å². The number of rotatable bonds is 5. The number of hydrogen-bond acceptors (Lipinski definition) is 4. The van der Waals surface area contributed by atoms with E-state index in [-0.39, 0.29) is 5.69 Å². The van der Waals surface area contributed by atoms with Crippen molar-refractivity contribution in [2.75, 3.05) is 5.32 Å². The highest BCUT2D eigenvalue weighted by atomic mass is 35.5. The van der Waals surface area contributed by atoms with Crippen LogP contribution in [0.4, 0.5) is 17.1 Å². The Bertz CT molecular complexity index is 652. The van der Waals surface area contributed by atoms with E-state index < -0.39 is 4.92 Å². The Morgan fingerprint density at radius 1 is 1.50 bits per heavy atom. The average Bonchev–Trinajstić information content (AvgIpc) is 3.09. The van der Waals surface area contributed by atoms with Crippen molar-refractivity contribution in [1.82, 2.24) is 9.78 Å². The van der Waals surface area contributed by atoms with Crippen molar-refractivity contribution >= 4 is 28.7 Å². The molecule has 0 spiro atoms. The van der Waals surface area contributed by atoms with Crippen LogP contribution in [0.15, 0.2) is 30.6 Å². The summed E-state index contributed by atoms with van der Waals surface area (Å²) in [7, 11) is 0. The van der Waals surface area contributed by atoms with Crippen LogP contribution in [0.1, 0.15) is 12.8 Å². The quantitative estimate of drug-likeness (QED) is 0.675. The molecule has 0 saturated heterocycles. The van der Waals surface area contributed by atoms with Crippen molar-refractivity contribution in [2.24, 2.45) is 5.92 Å². The van der Waals surface area contributed by atoms with E-state index in [1.54, 1.807) is 6.20 Å². The number of benzene rings is 1. The summed E-state index contributed by atoms with van der Waals surface area (Å²) in [4.78, 5) is 10.5. The second kappa shape index (κ2) is 5.13. The van der Waals surface area contributed by atoms with Gasteiger partial charge < -0.3 is 5.32 Å². The molecule has 6 nitrogen and oxygen atoms in total. The van der Waals surface area contributed by atoms with Gasteiger partial charge in [0.2, 0.25) is 0 Å². The predicted molar refractivity (Wildman–Crippen MR) is 76.3 cm³/mol. The maximum atomic E-state index is 11.0. The van der Waals surface area contributed by atoms with Gasteiger partial charge in [0.25, 0.3) is 5.69 Å². The van der Waals surface area contributed by atoms with Gasteiger partial charge in [0.15, 0.2) is 0 Å². The standard InChI is InChI=1S/C13H13ClN4O2/c14-10-3-4-13(18(19)20)12(5-10)16-11-6-15-17(8-11)7-9-1-2-9/h3-6,8-9,16H,1-2,7H2. The SMILES string of the molecule is O=[N+]([O-])c1ccc(Cl)cc1Nc1cnn(CC2CC2)c1. The summed E-state index contributed by atoms with van der Waals surface area (Å²) in [6.07, 6.45) is 6.01. The lowest BCUT2D eigenvalue weighted by Crippen LogP contribution is -1.99. The van der Waals surface area contributed by atoms with Gasteiger partial charge in [-0.05, 0) is 30.9 Å². The fraction of sp³-hybridized carbons (Fsp3) is 0.308. The van der Waals surface area contributed by atoms with Gasteiger partial charge in [0, 0.05) is 23.8 Å². The smallest absolute Gasteiger partial charge is 0.292 e. The van der Waals surface area contributed by atoms with Gasteiger partial charge in [-0.2, -0.15) is 5.10 Å². The molecule has 1 heterocycles. The molecular formula is C13H13ClN4O2. The summed E-state index contributed by atoms with van der Waals surface area (Å²) >= 11 is 5.89. The summed E-state index contributed by atoms with van der Waals surface area (Å²) in [5, 5.41) is 18.7. The monoisotopic (exact) mass is 292 g/mol. The van der Waals surface area contributed by atoms with E-state index in [4.69, 9.17) is 11.6 Å². The summed E-state index contributed by atoms with van der Waals surface area (Å²) < 4.78 is 1.86. The molecule has 1 fully saturated rings. The number of aromatic nitrogens is 2. The van der Waals surface area contributed by atoms with E-state index >= 15 is 0 Å². The third-order valence-corrected chi connectivity index (χ3v) is 3.44. The molecule has 0 bridgehead atoms. The molecule has 1 aromatic heterocycles. The van der Waals surface area contributed by atoms with Crippen LogP contribution in [0, 0.1) is 16.0 Å². The van der Waals surface area contributed by atoms with Crippen LogP contribution in [-0.2, 0) is 6.54 Å². The second-order valence-corrected chi connectivity index (χ2v) is 5.37. The molecule has 0 amide bonds. The summed E-state index contributed by atoms with van der Waals surface area (Å²) in [6, 6.07) is 4.43. The van der Waals surface area contributed by atoms with Crippen molar-refractivity contribution in [2.45, 2.75) is 19.4 Å². The zero-order valence-corrected chi connectivity index (χ0v) is 11.4. The number of halogens is 1. The number of anilines is 2. The van der Waals surface area contributed by atoms with Crippen LogP contribution >= 0.6 is 11.6 Å². The first kappa shape index (κ1) is 12.9. The van der Waals surface area contributed by atoms with Gasteiger partial charge in [-0.3, -0.25) is 14.8 Å². The second-order valence-electron chi connectivity index (χ2n) is 4.94. The third kappa shape index (κ3) is 2.91. The third-order valence-electron chi connectivity index (χ3n) is 3.21. The predicted octanol–water partition coefficient (Wildman–Crippen LogP) is 3.60. The maximum absolute atomic E-state index is 11.0. The molecule has 1 aliphatic rings. The maximum Gasteiger partial charge on any atom is 0.292 e. The molecule has 1 N–H and O–H groups in total. The minimum absolute atomic E-state index is 0.00987. The number of nitro groups is 1. The molecule has 1 aromatic carbocycles. The molecule has 0 radical (unpaired) electrons. The summed E-state index contributed by atoms with van der Waals surface area (Å²) in [5.74, 6) is 0.725. The molecule has 1 aliphatic carbocycles.